The average Bonchev–Trinajstić information content (AvgIpc) is 2.52. The summed E-state index contributed by atoms with van der Waals surface area (Å²) in [6.07, 6.45) is -0.938. The molecule has 112 valence electrons. The van der Waals surface area contributed by atoms with E-state index in [0.29, 0.717) is 26.7 Å². The molecular formula is C16H12Cl2N2O2. The maximum atomic E-state index is 12.0. The number of carbonyl (C=O) groups excluding carboxylic acids is 1. The number of amides is 1. The number of rotatable bonds is 4. The van der Waals surface area contributed by atoms with Gasteiger partial charge in [-0.05, 0) is 36.4 Å². The first-order valence-corrected chi connectivity index (χ1v) is 7.18. The summed E-state index contributed by atoms with van der Waals surface area (Å²) in [4.78, 5) is 12.0. The Morgan fingerprint density at radius 1 is 1.23 bits per heavy atom. The van der Waals surface area contributed by atoms with Crippen molar-refractivity contribution < 1.29 is 9.90 Å². The van der Waals surface area contributed by atoms with Gasteiger partial charge in [-0.15, -0.1) is 0 Å². The monoisotopic (exact) mass is 334 g/mol. The van der Waals surface area contributed by atoms with Crippen LogP contribution in [0.5, 0.6) is 0 Å². The molecule has 6 heteroatoms. The van der Waals surface area contributed by atoms with Crippen LogP contribution in [0.1, 0.15) is 27.6 Å². The number of aliphatic hydroxyl groups is 1. The minimum absolute atomic E-state index is 0.0141. The van der Waals surface area contributed by atoms with Gasteiger partial charge in [0.15, 0.2) is 0 Å². The molecule has 1 unspecified atom stereocenters. The Kier molecular flexibility index (Phi) is 5.40. The third kappa shape index (κ3) is 3.99. The highest BCUT2D eigenvalue weighted by Gasteiger charge is 2.14. The van der Waals surface area contributed by atoms with Gasteiger partial charge < -0.3 is 10.4 Å². The summed E-state index contributed by atoms with van der Waals surface area (Å²) >= 11 is 11.8. The van der Waals surface area contributed by atoms with Crippen molar-refractivity contribution in [3.05, 3.63) is 69.2 Å². The highest BCUT2D eigenvalue weighted by atomic mass is 35.5. The van der Waals surface area contributed by atoms with E-state index in [1.165, 1.54) is 6.07 Å². The molecule has 0 aliphatic rings. The zero-order chi connectivity index (χ0) is 16.1. The smallest absolute Gasteiger partial charge is 0.251 e. The lowest BCUT2D eigenvalue weighted by Gasteiger charge is -2.14. The van der Waals surface area contributed by atoms with Crippen LogP contribution in [0.25, 0.3) is 0 Å². The van der Waals surface area contributed by atoms with Gasteiger partial charge in [0.05, 0.1) is 17.7 Å². The lowest BCUT2D eigenvalue weighted by molar-refractivity contribution is 0.0916. The summed E-state index contributed by atoms with van der Waals surface area (Å²) in [5.74, 6) is -0.339. The van der Waals surface area contributed by atoms with Gasteiger partial charge in [-0.2, -0.15) is 5.26 Å². The maximum absolute atomic E-state index is 12.0. The van der Waals surface area contributed by atoms with Crippen molar-refractivity contribution in [2.75, 3.05) is 6.54 Å². The quantitative estimate of drug-likeness (QED) is 0.900. The molecule has 2 N–H and O–H groups in total. The normalized spacial score (nSPS) is 11.5. The zero-order valence-electron chi connectivity index (χ0n) is 11.4. The molecule has 0 saturated heterocycles. The average molecular weight is 335 g/mol. The summed E-state index contributed by atoms with van der Waals surface area (Å²) in [6.45, 7) is 0.0141. The predicted molar refractivity (Wildman–Crippen MR) is 84.9 cm³/mol. The maximum Gasteiger partial charge on any atom is 0.251 e. The number of nitrogens with zero attached hydrogens (tertiary/aromatic N) is 1. The molecule has 1 atom stereocenters. The first-order valence-electron chi connectivity index (χ1n) is 6.42. The molecule has 1 amide bonds. The number of halogens is 2. The second kappa shape index (κ2) is 7.28. The van der Waals surface area contributed by atoms with Crippen LogP contribution in [0.4, 0.5) is 0 Å². The Morgan fingerprint density at radius 3 is 2.50 bits per heavy atom. The van der Waals surface area contributed by atoms with Crippen LogP contribution in [0.15, 0.2) is 42.5 Å². The van der Waals surface area contributed by atoms with E-state index in [4.69, 9.17) is 28.5 Å². The van der Waals surface area contributed by atoms with Gasteiger partial charge in [-0.1, -0.05) is 29.3 Å². The molecular weight excluding hydrogens is 323 g/mol. The first-order chi connectivity index (χ1) is 10.5. The Labute approximate surface area is 137 Å². The Bertz CT molecular complexity index is 724. The Morgan fingerprint density at radius 2 is 1.91 bits per heavy atom. The number of carbonyl (C=O) groups is 1. The molecule has 22 heavy (non-hydrogen) atoms. The molecule has 2 aromatic rings. The van der Waals surface area contributed by atoms with Crippen LogP contribution >= 0.6 is 23.2 Å². The van der Waals surface area contributed by atoms with Crippen molar-refractivity contribution >= 4 is 29.1 Å². The summed E-state index contributed by atoms with van der Waals surface area (Å²) in [5, 5.41) is 22.2. The Balaban J connectivity index is 1.99. The van der Waals surface area contributed by atoms with E-state index < -0.39 is 6.10 Å². The minimum atomic E-state index is -0.938. The van der Waals surface area contributed by atoms with Crippen LogP contribution in [0.2, 0.25) is 10.0 Å². The van der Waals surface area contributed by atoms with Crippen LogP contribution in [-0.4, -0.2) is 17.6 Å². The molecule has 2 aromatic carbocycles. The molecule has 0 saturated carbocycles. The number of nitrogens with one attached hydrogen (secondary N) is 1. The van der Waals surface area contributed by atoms with Gasteiger partial charge >= 0.3 is 0 Å². The third-order valence-electron chi connectivity index (χ3n) is 3.05. The standard InChI is InChI=1S/C16H12Cl2N2O2/c17-12-5-6-13(14(18)7-12)15(21)9-20-16(22)11-3-1-10(8-19)2-4-11/h1-7,15,21H,9H2,(H,20,22). The van der Waals surface area contributed by atoms with E-state index in [1.807, 2.05) is 6.07 Å². The molecule has 2 rings (SSSR count). The first kappa shape index (κ1) is 16.3. The Hall–Kier alpha value is -2.06. The van der Waals surface area contributed by atoms with E-state index in [9.17, 15) is 9.90 Å². The fourth-order valence-corrected chi connectivity index (χ4v) is 2.40. The molecule has 4 nitrogen and oxygen atoms in total. The van der Waals surface area contributed by atoms with Crippen molar-refractivity contribution in [1.82, 2.24) is 5.32 Å². The topological polar surface area (TPSA) is 73.1 Å². The number of hydrogen-bond donors (Lipinski definition) is 2. The van der Waals surface area contributed by atoms with Gasteiger partial charge in [-0.25, -0.2) is 0 Å². The number of benzene rings is 2. The second-order valence-corrected chi connectivity index (χ2v) is 5.42. The zero-order valence-corrected chi connectivity index (χ0v) is 12.9. The van der Waals surface area contributed by atoms with Gasteiger partial charge in [0.1, 0.15) is 0 Å². The molecule has 0 spiro atoms. The SMILES string of the molecule is N#Cc1ccc(C(=O)NCC(O)c2ccc(Cl)cc2Cl)cc1. The molecule has 0 aliphatic heterocycles. The lowest BCUT2D eigenvalue weighted by Crippen LogP contribution is -2.28. The minimum Gasteiger partial charge on any atom is -0.387 e. The van der Waals surface area contributed by atoms with Crippen molar-refractivity contribution in [1.29, 1.82) is 5.26 Å². The highest BCUT2D eigenvalue weighted by molar-refractivity contribution is 6.35. The molecule has 0 radical (unpaired) electrons. The van der Waals surface area contributed by atoms with Crippen molar-refractivity contribution in [3.63, 3.8) is 0 Å². The van der Waals surface area contributed by atoms with Crippen molar-refractivity contribution in [3.8, 4) is 6.07 Å². The van der Waals surface area contributed by atoms with Crippen molar-refractivity contribution in [2.24, 2.45) is 0 Å². The molecule has 0 aromatic heterocycles. The number of hydrogen-bond acceptors (Lipinski definition) is 3. The highest BCUT2D eigenvalue weighted by Crippen LogP contribution is 2.25. The molecule has 0 fully saturated rings. The second-order valence-electron chi connectivity index (χ2n) is 4.58. The van der Waals surface area contributed by atoms with Crippen LogP contribution in [0.3, 0.4) is 0 Å². The van der Waals surface area contributed by atoms with Gasteiger partial charge in [-0.3, -0.25) is 4.79 Å². The molecule has 0 heterocycles. The summed E-state index contributed by atoms with van der Waals surface area (Å²) in [7, 11) is 0. The number of nitriles is 1. The number of aliphatic hydroxyl groups excluding tert-OH is 1. The summed E-state index contributed by atoms with van der Waals surface area (Å²) in [6, 6.07) is 13.0. The van der Waals surface area contributed by atoms with E-state index in [-0.39, 0.29) is 12.5 Å². The molecule has 0 bridgehead atoms. The molecule has 0 aliphatic carbocycles. The lowest BCUT2D eigenvalue weighted by atomic mass is 10.1. The predicted octanol–water partition coefficient (Wildman–Crippen LogP) is 3.33. The largest absolute Gasteiger partial charge is 0.387 e. The van der Waals surface area contributed by atoms with Gasteiger partial charge in [0.25, 0.3) is 5.91 Å². The van der Waals surface area contributed by atoms with Crippen LogP contribution in [-0.2, 0) is 0 Å². The van der Waals surface area contributed by atoms with E-state index in [2.05, 4.69) is 5.32 Å². The fourth-order valence-electron chi connectivity index (χ4n) is 1.87. The van der Waals surface area contributed by atoms with Gasteiger partial charge in [0.2, 0.25) is 0 Å². The van der Waals surface area contributed by atoms with Gasteiger partial charge in [0, 0.05) is 27.7 Å². The van der Waals surface area contributed by atoms with Crippen LogP contribution in [0, 0.1) is 11.3 Å². The van der Waals surface area contributed by atoms with E-state index >= 15 is 0 Å². The van der Waals surface area contributed by atoms with E-state index in [0.717, 1.165) is 0 Å². The van der Waals surface area contributed by atoms with Crippen molar-refractivity contribution in [2.45, 2.75) is 6.10 Å². The van der Waals surface area contributed by atoms with E-state index in [1.54, 1.807) is 36.4 Å². The fraction of sp³-hybridized carbons (Fsp3) is 0.125. The summed E-state index contributed by atoms with van der Waals surface area (Å²) in [5.41, 5.74) is 1.38. The van der Waals surface area contributed by atoms with Crippen LogP contribution < -0.4 is 5.32 Å². The summed E-state index contributed by atoms with van der Waals surface area (Å²) < 4.78 is 0. The third-order valence-corrected chi connectivity index (χ3v) is 3.62.